The van der Waals surface area contributed by atoms with Gasteiger partial charge in [-0.2, -0.15) is 0 Å². The number of likely N-dealkylation sites (N-methyl/N-ethyl adjacent to an activating group) is 1. The van der Waals surface area contributed by atoms with E-state index in [4.69, 9.17) is 9.47 Å². The lowest BCUT2D eigenvalue weighted by Gasteiger charge is -2.40. The molecule has 2 fully saturated rings. The predicted octanol–water partition coefficient (Wildman–Crippen LogP) is 3.30. The minimum Gasteiger partial charge on any atom is -0.497 e. The number of hydrogen-bond acceptors (Lipinski definition) is 4. The number of nitrogens with one attached hydrogen (secondary N) is 2. The highest BCUT2D eigenvalue weighted by atomic mass is 16.5. The molecule has 2 aromatic carbocycles. The third-order valence-electron chi connectivity index (χ3n) is 7.49. The SMILES string of the molecule is CC[NH+]1C(=O)N/C(=C\[C@H](C)c2ccc(OC)cc2OC)C12CCN(C(=O)c1cccc(C)c1)CC2. The number of benzene rings is 2. The maximum Gasteiger partial charge on any atom is 0.420 e. The van der Waals surface area contributed by atoms with Crippen molar-refractivity contribution < 1.29 is 24.0 Å². The third-order valence-corrected chi connectivity index (χ3v) is 7.49. The first-order valence-corrected chi connectivity index (χ1v) is 12.3. The zero-order chi connectivity index (χ0) is 25.2. The zero-order valence-electron chi connectivity index (χ0n) is 21.3. The van der Waals surface area contributed by atoms with E-state index in [1.54, 1.807) is 14.2 Å². The number of likely N-dealkylation sites (tertiary alicyclic amines) is 1. The number of aryl methyl sites for hydroxylation is 1. The van der Waals surface area contributed by atoms with Crippen molar-refractivity contribution in [2.24, 2.45) is 0 Å². The average molecular weight is 479 g/mol. The van der Waals surface area contributed by atoms with Crippen LogP contribution in [0.5, 0.6) is 11.5 Å². The summed E-state index contributed by atoms with van der Waals surface area (Å²) in [5.74, 6) is 1.57. The maximum atomic E-state index is 13.1. The van der Waals surface area contributed by atoms with Crippen LogP contribution in [0.25, 0.3) is 0 Å². The Morgan fingerprint density at radius 1 is 1.17 bits per heavy atom. The molecule has 2 saturated heterocycles. The third kappa shape index (κ3) is 4.65. The molecule has 0 aromatic heterocycles. The number of hydrogen-bond donors (Lipinski definition) is 2. The standard InChI is InChI=1S/C28H35N3O4/c1-6-31-27(33)29-25(17-20(3)23-11-10-22(34-4)18-24(23)35-5)28(31)12-14-30(15-13-28)26(32)21-9-7-8-19(2)16-21/h7-11,16-18,20H,6,12-15H2,1-5H3,(H,29,33)/p+1/b25-17-/t20-/m0/s1. The van der Waals surface area contributed by atoms with Gasteiger partial charge in [-0.25, -0.2) is 9.69 Å². The van der Waals surface area contributed by atoms with Crippen LogP contribution in [0.3, 0.4) is 0 Å². The smallest absolute Gasteiger partial charge is 0.420 e. The molecule has 35 heavy (non-hydrogen) atoms. The van der Waals surface area contributed by atoms with E-state index >= 15 is 0 Å². The van der Waals surface area contributed by atoms with Gasteiger partial charge in [-0.1, -0.05) is 36.8 Å². The van der Waals surface area contributed by atoms with E-state index in [2.05, 4.69) is 18.3 Å². The van der Waals surface area contributed by atoms with E-state index < -0.39 is 0 Å². The van der Waals surface area contributed by atoms with Crippen LogP contribution in [0.2, 0.25) is 0 Å². The Kier molecular flexibility index (Phi) is 7.17. The van der Waals surface area contributed by atoms with Crippen molar-refractivity contribution in [1.82, 2.24) is 10.2 Å². The zero-order valence-corrected chi connectivity index (χ0v) is 21.3. The molecule has 7 heteroatoms. The lowest BCUT2D eigenvalue weighted by molar-refractivity contribution is -0.859. The molecule has 2 atom stereocenters. The molecular formula is C28H36N3O4+. The van der Waals surface area contributed by atoms with Crippen LogP contribution in [-0.2, 0) is 0 Å². The van der Waals surface area contributed by atoms with Crippen molar-refractivity contribution in [3.8, 4) is 11.5 Å². The van der Waals surface area contributed by atoms with E-state index in [9.17, 15) is 9.59 Å². The Balaban J connectivity index is 1.60. The second-order valence-electron chi connectivity index (χ2n) is 9.51. The van der Waals surface area contributed by atoms with Crippen molar-refractivity contribution in [2.45, 2.75) is 45.1 Å². The summed E-state index contributed by atoms with van der Waals surface area (Å²) in [7, 11) is 3.29. The summed E-state index contributed by atoms with van der Waals surface area (Å²) in [4.78, 5) is 29.0. The van der Waals surface area contributed by atoms with E-state index in [1.165, 1.54) is 0 Å². The largest absolute Gasteiger partial charge is 0.497 e. The molecule has 1 unspecified atom stereocenters. The van der Waals surface area contributed by atoms with Crippen molar-refractivity contribution in [1.29, 1.82) is 0 Å². The monoisotopic (exact) mass is 478 g/mol. The number of methoxy groups -OCH3 is 2. The molecule has 0 radical (unpaired) electrons. The summed E-state index contributed by atoms with van der Waals surface area (Å²) < 4.78 is 11.0. The summed E-state index contributed by atoms with van der Waals surface area (Å²) in [6.45, 7) is 8.06. The van der Waals surface area contributed by atoms with Gasteiger partial charge < -0.3 is 14.4 Å². The highest BCUT2D eigenvalue weighted by Gasteiger charge is 2.55. The number of nitrogens with zero attached hydrogens (tertiary/aromatic N) is 1. The molecule has 2 aliphatic heterocycles. The Bertz CT molecular complexity index is 1130. The van der Waals surface area contributed by atoms with E-state index in [0.717, 1.165) is 51.6 Å². The fourth-order valence-corrected chi connectivity index (χ4v) is 5.56. The number of carbonyl (C=O) groups is 2. The van der Waals surface area contributed by atoms with Crippen molar-refractivity contribution >= 4 is 11.9 Å². The summed E-state index contributed by atoms with van der Waals surface area (Å²) in [6.07, 6.45) is 3.61. The van der Waals surface area contributed by atoms with Gasteiger partial charge in [0.15, 0.2) is 0 Å². The first-order valence-electron chi connectivity index (χ1n) is 12.3. The van der Waals surface area contributed by atoms with Crippen LogP contribution in [0, 0.1) is 6.92 Å². The Morgan fingerprint density at radius 3 is 2.54 bits per heavy atom. The average Bonchev–Trinajstić information content (AvgIpc) is 3.12. The molecule has 186 valence electrons. The summed E-state index contributed by atoms with van der Waals surface area (Å²) >= 11 is 0. The Hall–Kier alpha value is -3.32. The van der Waals surface area contributed by atoms with Gasteiger partial charge >= 0.3 is 6.03 Å². The number of quaternary nitrogens is 1. The molecule has 2 N–H and O–H groups in total. The minimum atomic E-state index is -0.358. The summed E-state index contributed by atoms with van der Waals surface area (Å²) in [5, 5.41) is 3.18. The molecule has 2 heterocycles. The number of amides is 3. The Morgan fingerprint density at radius 2 is 1.91 bits per heavy atom. The molecule has 3 amide bonds. The fraction of sp³-hybridized carbons (Fsp3) is 0.429. The molecule has 7 nitrogen and oxygen atoms in total. The number of ether oxygens (including phenoxy) is 2. The van der Waals surface area contributed by atoms with Gasteiger partial charge in [0.2, 0.25) is 0 Å². The molecule has 0 bridgehead atoms. The van der Waals surface area contributed by atoms with Gasteiger partial charge in [-0.3, -0.25) is 10.1 Å². The molecular weight excluding hydrogens is 442 g/mol. The van der Waals surface area contributed by atoms with Crippen LogP contribution >= 0.6 is 0 Å². The lowest BCUT2D eigenvalue weighted by Crippen LogP contribution is -3.20. The molecule has 4 rings (SSSR count). The van der Waals surface area contributed by atoms with Gasteiger partial charge in [-0.05, 0) is 32.0 Å². The first-order chi connectivity index (χ1) is 16.8. The van der Waals surface area contributed by atoms with Crippen molar-refractivity contribution in [3.63, 3.8) is 0 Å². The normalized spacial score (nSPS) is 21.2. The topological polar surface area (TPSA) is 72.3 Å². The Labute approximate surface area is 207 Å². The lowest BCUT2D eigenvalue weighted by atomic mass is 9.82. The molecule has 0 aliphatic carbocycles. The van der Waals surface area contributed by atoms with Crippen LogP contribution in [0.4, 0.5) is 4.79 Å². The quantitative estimate of drug-likeness (QED) is 0.668. The highest BCUT2D eigenvalue weighted by Crippen LogP contribution is 2.35. The molecule has 2 aromatic rings. The van der Waals surface area contributed by atoms with Crippen LogP contribution in [-0.4, -0.2) is 56.2 Å². The van der Waals surface area contributed by atoms with Gasteiger partial charge in [-0.15, -0.1) is 0 Å². The highest BCUT2D eigenvalue weighted by molar-refractivity contribution is 5.94. The van der Waals surface area contributed by atoms with E-state index in [-0.39, 0.29) is 23.4 Å². The van der Waals surface area contributed by atoms with Crippen molar-refractivity contribution in [3.05, 3.63) is 70.9 Å². The second-order valence-corrected chi connectivity index (χ2v) is 9.51. The number of carbonyl (C=O) groups excluding carboxylic acids is 2. The number of piperidine rings is 1. The van der Waals surface area contributed by atoms with E-state index in [1.807, 2.05) is 61.2 Å². The van der Waals surface area contributed by atoms with Gasteiger partial charge in [0.25, 0.3) is 5.91 Å². The minimum absolute atomic E-state index is 0.00565. The fourth-order valence-electron chi connectivity index (χ4n) is 5.56. The summed E-state index contributed by atoms with van der Waals surface area (Å²) in [6, 6.07) is 13.6. The summed E-state index contributed by atoms with van der Waals surface area (Å²) in [5.41, 5.74) is 3.42. The molecule has 2 aliphatic rings. The second kappa shape index (κ2) is 10.1. The number of allylic oxidation sites excluding steroid dienone is 1. The molecule has 1 spiro atoms. The van der Waals surface area contributed by atoms with Crippen LogP contribution in [0.15, 0.2) is 54.2 Å². The predicted molar refractivity (Wildman–Crippen MR) is 135 cm³/mol. The van der Waals surface area contributed by atoms with E-state index in [0.29, 0.717) is 19.6 Å². The van der Waals surface area contributed by atoms with Crippen LogP contribution in [0.1, 0.15) is 54.1 Å². The number of rotatable bonds is 6. The van der Waals surface area contributed by atoms with Crippen molar-refractivity contribution in [2.75, 3.05) is 33.9 Å². The first kappa shape index (κ1) is 24.8. The number of urea groups is 1. The van der Waals surface area contributed by atoms with Crippen LogP contribution < -0.4 is 19.7 Å². The van der Waals surface area contributed by atoms with Gasteiger partial charge in [0, 0.05) is 49.0 Å². The van der Waals surface area contributed by atoms with Gasteiger partial charge in [0.05, 0.1) is 26.5 Å². The van der Waals surface area contributed by atoms with Gasteiger partial charge in [0.1, 0.15) is 17.0 Å². The molecule has 0 saturated carbocycles. The maximum absolute atomic E-state index is 13.1.